The molecule has 20 heavy (non-hydrogen) atoms. The van der Waals surface area contributed by atoms with E-state index in [1.165, 1.54) is 17.5 Å². The maximum atomic E-state index is 12.4. The third-order valence-corrected chi connectivity index (χ3v) is 4.81. The lowest BCUT2D eigenvalue weighted by molar-refractivity contribution is 0.601. The Kier molecular flexibility index (Phi) is 4.56. The van der Waals surface area contributed by atoms with Gasteiger partial charge in [-0.15, -0.1) is 11.3 Å². The minimum Gasteiger partial charge on any atom is -0.384 e. The molecule has 108 valence electrons. The van der Waals surface area contributed by atoms with Crippen LogP contribution in [0.5, 0.6) is 0 Å². The van der Waals surface area contributed by atoms with Crippen LogP contribution in [-0.4, -0.2) is 24.9 Å². The van der Waals surface area contributed by atoms with Gasteiger partial charge in [0.05, 0.1) is 5.69 Å². The molecule has 0 spiro atoms. The molecule has 0 saturated heterocycles. The summed E-state index contributed by atoms with van der Waals surface area (Å²) in [6.07, 6.45) is 5.42. The first-order valence-electron chi connectivity index (χ1n) is 6.16. The van der Waals surface area contributed by atoms with Gasteiger partial charge in [-0.25, -0.2) is 13.4 Å². The molecule has 0 unspecified atom stereocenters. The van der Waals surface area contributed by atoms with Crippen LogP contribution in [0.15, 0.2) is 29.6 Å². The third kappa shape index (κ3) is 3.45. The molecule has 2 heterocycles. The van der Waals surface area contributed by atoms with Crippen molar-refractivity contribution in [2.45, 2.75) is 25.2 Å². The van der Waals surface area contributed by atoms with Crippen molar-refractivity contribution in [2.24, 2.45) is 0 Å². The van der Waals surface area contributed by atoms with E-state index >= 15 is 0 Å². The highest BCUT2D eigenvalue weighted by Gasteiger charge is 2.20. The maximum absolute atomic E-state index is 12.4. The van der Waals surface area contributed by atoms with Gasteiger partial charge in [0.2, 0.25) is 0 Å². The number of aryl methyl sites for hydroxylation is 1. The lowest BCUT2D eigenvalue weighted by Crippen LogP contribution is -2.16. The Labute approximate surface area is 122 Å². The molecular weight excluding hydrogens is 296 g/mol. The van der Waals surface area contributed by atoms with Gasteiger partial charge in [0, 0.05) is 30.0 Å². The van der Waals surface area contributed by atoms with Crippen LogP contribution >= 0.6 is 11.3 Å². The van der Waals surface area contributed by atoms with Gasteiger partial charge in [-0.1, -0.05) is 6.92 Å². The van der Waals surface area contributed by atoms with E-state index in [1.807, 2.05) is 13.8 Å². The fourth-order valence-electron chi connectivity index (χ4n) is 1.57. The molecule has 0 aliphatic heterocycles. The zero-order chi connectivity index (χ0) is 14.6. The summed E-state index contributed by atoms with van der Waals surface area (Å²) in [6, 6.07) is 1.65. The molecule has 8 heteroatoms. The van der Waals surface area contributed by atoms with Crippen LogP contribution in [0.4, 0.5) is 10.8 Å². The van der Waals surface area contributed by atoms with Crippen molar-refractivity contribution in [2.75, 3.05) is 16.6 Å². The molecule has 2 N–H and O–H groups in total. The summed E-state index contributed by atoms with van der Waals surface area (Å²) in [5.41, 5.74) is 0.544. The number of thiazole rings is 1. The molecule has 0 amide bonds. The summed E-state index contributed by atoms with van der Waals surface area (Å²) in [5, 5.41) is 3.44. The second-order valence-electron chi connectivity index (χ2n) is 4.18. The fraction of sp³-hybridized carbons (Fsp3) is 0.333. The van der Waals surface area contributed by atoms with Gasteiger partial charge < -0.3 is 5.32 Å². The molecule has 2 rings (SSSR count). The average molecular weight is 312 g/mol. The fourth-order valence-corrected chi connectivity index (χ4v) is 3.61. The summed E-state index contributed by atoms with van der Waals surface area (Å²) in [5.74, 6) is 0. The van der Waals surface area contributed by atoms with Crippen LogP contribution in [0.2, 0.25) is 0 Å². The molecule has 0 radical (unpaired) electrons. The topological polar surface area (TPSA) is 84.0 Å². The number of hydrogen-bond acceptors (Lipinski definition) is 6. The summed E-state index contributed by atoms with van der Waals surface area (Å²) in [7, 11) is -3.69. The van der Waals surface area contributed by atoms with Crippen molar-refractivity contribution in [3.63, 3.8) is 0 Å². The first-order chi connectivity index (χ1) is 9.53. The normalized spacial score (nSPS) is 11.3. The highest BCUT2D eigenvalue weighted by molar-refractivity contribution is 7.93. The van der Waals surface area contributed by atoms with Gasteiger partial charge in [-0.3, -0.25) is 9.71 Å². The number of nitrogens with one attached hydrogen (secondary N) is 2. The largest absolute Gasteiger partial charge is 0.384 e. The van der Waals surface area contributed by atoms with Crippen LogP contribution in [-0.2, 0) is 10.0 Å². The average Bonchev–Trinajstić information content (AvgIpc) is 2.81. The van der Waals surface area contributed by atoms with E-state index in [0.29, 0.717) is 17.4 Å². The Hall–Kier alpha value is -1.67. The summed E-state index contributed by atoms with van der Waals surface area (Å²) >= 11 is 1.29. The lowest BCUT2D eigenvalue weighted by Gasteiger charge is -2.11. The Morgan fingerprint density at radius 1 is 1.35 bits per heavy atom. The number of aromatic nitrogens is 2. The number of pyridine rings is 1. The van der Waals surface area contributed by atoms with E-state index in [1.54, 1.807) is 18.5 Å². The Balaban J connectivity index is 2.29. The van der Waals surface area contributed by atoms with E-state index in [2.05, 4.69) is 20.0 Å². The van der Waals surface area contributed by atoms with E-state index in [0.717, 1.165) is 11.3 Å². The summed E-state index contributed by atoms with van der Waals surface area (Å²) in [6.45, 7) is 4.58. The van der Waals surface area contributed by atoms with Gasteiger partial charge in [0.1, 0.15) is 4.90 Å². The van der Waals surface area contributed by atoms with Gasteiger partial charge >= 0.3 is 0 Å². The number of rotatable bonds is 6. The van der Waals surface area contributed by atoms with Crippen LogP contribution in [0.25, 0.3) is 0 Å². The van der Waals surface area contributed by atoms with E-state index in [9.17, 15) is 8.42 Å². The first kappa shape index (κ1) is 14.7. The van der Waals surface area contributed by atoms with Crippen molar-refractivity contribution >= 4 is 32.2 Å². The van der Waals surface area contributed by atoms with Gasteiger partial charge in [0.15, 0.2) is 5.13 Å². The van der Waals surface area contributed by atoms with E-state index in [-0.39, 0.29) is 4.90 Å². The maximum Gasteiger partial charge on any atom is 0.267 e. The number of sulfonamides is 1. The standard InChI is InChI=1S/C12H16N4O2S2/c1-3-5-14-10-4-6-13-8-11(10)20(17,18)16-12-15-7-9(2)19-12/h4,6-8H,3,5H2,1-2H3,(H,13,14)(H,15,16). The van der Waals surface area contributed by atoms with Crippen LogP contribution in [0, 0.1) is 6.92 Å². The molecule has 0 saturated carbocycles. The van der Waals surface area contributed by atoms with Crippen molar-refractivity contribution < 1.29 is 8.42 Å². The molecule has 0 aromatic carbocycles. The molecule has 0 bridgehead atoms. The molecule has 2 aromatic rings. The van der Waals surface area contributed by atoms with E-state index < -0.39 is 10.0 Å². The molecular formula is C12H16N4O2S2. The van der Waals surface area contributed by atoms with Gasteiger partial charge in [-0.2, -0.15) is 0 Å². The van der Waals surface area contributed by atoms with Crippen LogP contribution in [0.3, 0.4) is 0 Å². The zero-order valence-electron chi connectivity index (χ0n) is 11.3. The second kappa shape index (κ2) is 6.19. The lowest BCUT2D eigenvalue weighted by atomic mass is 10.4. The summed E-state index contributed by atoms with van der Waals surface area (Å²) < 4.78 is 27.2. The number of anilines is 2. The zero-order valence-corrected chi connectivity index (χ0v) is 12.9. The second-order valence-corrected chi connectivity index (χ2v) is 7.07. The predicted octanol–water partition coefficient (Wildman–Crippen LogP) is 2.47. The van der Waals surface area contributed by atoms with Crippen molar-refractivity contribution in [1.29, 1.82) is 0 Å². The molecule has 0 atom stereocenters. The summed E-state index contributed by atoms with van der Waals surface area (Å²) in [4.78, 5) is 8.97. The third-order valence-electron chi connectivity index (χ3n) is 2.48. The van der Waals surface area contributed by atoms with Crippen LogP contribution < -0.4 is 10.0 Å². The quantitative estimate of drug-likeness (QED) is 0.856. The smallest absolute Gasteiger partial charge is 0.267 e. The minimum absolute atomic E-state index is 0.126. The highest BCUT2D eigenvalue weighted by Crippen LogP contribution is 2.24. The predicted molar refractivity (Wildman–Crippen MR) is 80.7 cm³/mol. The highest BCUT2D eigenvalue weighted by atomic mass is 32.2. The molecule has 2 aromatic heterocycles. The Bertz CT molecular complexity index is 682. The van der Waals surface area contributed by atoms with Gasteiger partial charge in [-0.05, 0) is 19.4 Å². The minimum atomic E-state index is -3.69. The number of nitrogens with zero attached hydrogens (tertiary/aromatic N) is 2. The Morgan fingerprint density at radius 3 is 2.80 bits per heavy atom. The Morgan fingerprint density at radius 2 is 2.15 bits per heavy atom. The van der Waals surface area contributed by atoms with Crippen molar-refractivity contribution in [1.82, 2.24) is 9.97 Å². The molecule has 6 nitrogen and oxygen atoms in total. The van der Waals surface area contributed by atoms with E-state index in [4.69, 9.17) is 0 Å². The van der Waals surface area contributed by atoms with Crippen molar-refractivity contribution in [3.8, 4) is 0 Å². The van der Waals surface area contributed by atoms with Crippen molar-refractivity contribution in [3.05, 3.63) is 29.5 Å². The number of hydrogen-bond donors (Lipinski definition) is 2. The first-order valence-corrected chi connectivity index (χ1v) is 8.46. The monoisotopic (exact) mass is 312 g/mol. The van der Waals surface area contributed by atoms with Crippen LogP contribution in [0.1, 0.15) is 18.2 Å². The van der Waals surface area contributed by atoms with Gasteiger partial charge in [0.25, 0.3) is 10.0 Å². The molecule has 0 fully saturated rings. The molecule has 0 aliphatic rings. The molecule has 0 aliphatic carbocycles. The SMILES string of the molecule is CCCNc1ccncc1S(=O)(=O)Nc1ncc(C)s1.